The fourth-order valence-electron chi connectivity index (χ4n) is 2.71. The van der Waals surface area contributed by atoms with Gasteiger partial charge in [0.1, 0.15) is 0 Å². The number of ketones is 1. The van der Waals surface area contributed by atoms with E-state index in [4.69, 9.17) is 0 Å². The minimum atomic E-state index is -0.266. The molecule has 0 amide bonds. The predicted molar refractivity (Wildman–Crippen MR) is 99.6 cm³/mol. The SMILES string of the molecule is O=C(CCCc1ccccc1)c1ccc(Cc2sc(=O)[nH]c2O)cc1. The van der Waals surface area contributed by atoms with Crippen LogP contribution in [0.2, 0.25) is 0 Å². The average Bonchev–Trinajstić information content (AvgIpc) is 2.93. The van der Waals surface area contributed by atoms with Crippen molar-refractivity contribution in [2.45, 2.75) is 25.7 Å². The van der Waals surface area contributed by atoms with Crippen LogP contribution < -0.4 is 4.87 Å². The van der Waals surface area contributed by atoms with E-state index in [-0.39, 0.29) is 16.5 Å². The van der Waals surface area contributed by atoms with Crippen molar-refractivity contribution in [3.63, 3.8) is 0 Å². The lowest BCUT2D eigenvalue weighted by Crippen LogP contribution is -2.00. The third kappa shape index (κ3) is 4.67. The smallest absolute Gasteiger partial charge is 0.307 e. The number of benzene rings is 2. The van der Waals surface area contributed by atoms with Crippen molar-refractivity contribution in [1.29, 1.82) is 0 Å². The van der Waals surface area contributed by atoms with E-state index in [0.29, 0.717) is 23.3 Å². The first kappa shape index (κ1) is 17.2. The molecule has 0 bridgehead atoms. The zero-order valence-electron chi connectivity index (χ0n) is 13.7. The van der Waals surface area contributed by atoms with Crippen LogP contribution in [0, 0.1) is 0 Å². The maximum Gasteiger partial charge on any atom is 0.307 e. The molecule has 0 aliphatic rings. The molecule has 0 saturated carbocycles. The van der Waals surface area contributed by atoms with Gasteiger partial charge in [0.2, 0.25) is 5.88 Å². The van der Waals surface area contributed by atoms with E-state index in [0.717, 1.165) is 29.7 Å². The first-order valence-corrected chi connectivity index (χ1v) is 9.00. The van der Waals surface area contributed by atoms with Crippen molar-refractivity contribution in [2.24, 2.45) is 0 Å². The van der Waals surface area contributed by atoms with Gasteiger partial charge in [-0.1, -0.05) is 65.9 Å². The quantitative estimate of drug-likeness (QED) is 0.632. The largest absolute Gasteiger partial charge is 0.494 e. The second-order valence-corrected chi connectivity index (χ2v) is 6.99. The first-order chi connectivity index (χ1) is 12.1. The summed E-state index contributed by atoms with van der Waals surface area (Å²) in [5, 5.41) is 9.63. The van der Waals surface area contributed by atoms with Gasteiger partial charge in [-0.2, -0.15) is 0 Å². The minimum absolute atomic E-state index is 0.0731. The first-order valence-electron chi connectivity index (χ1n) is 8.19. The summed E-state index contributed by atoms with van der Waals surface area (Å²) < 4.78 is 0. The van der Waals surface area contributed by atoms with Gasteiger partial charge in [-0.3, -0.25) is 14.6 Å². The number of hydrogen-bond donors (Lipinski definition) is 2. The van der Waals surface area contributed by atoms with Crippen LogP contribution in [-0.2, 0) is 12.8 Å². The number of nitrogens with one attached hydrogen (secondary N) is 1. The van der Waals surface area contributed by atoms with Gasteiger partial charge in [-0.25, -0.2) is 0 Å². The molecule has 1 heterocycles. The minimum Gasteiger partial charge on any atom is -0.494 e. The van der Waals surface area contributed by atoms with Crippen LogP contribution in [0.3, 0.4) is 0 Å². The summed E-state index contributed by atoms with van der Waals surface area (Å²) in [5.41, 5.74) is 2.89. The summed E-state index contributed by atoms with van der Waals surface area (Å²) in [6, 6.07) is 17.5. The Balaban J connectivity index is 1.55. The molecule has 0 atom stereocenters. The number of aryl methyl sites for hydroxylation is 1. The molecule has 1 aromatic heterocycles. The number of Topliss-reactive ketones (excluding diaryl/α,β-unsaturated/α-hetero) is 1. The van der Waals surface area contributed by atoms with E-state index >= 15 is 0 Å². The van der Waals surface area contributed by atoms with E-state index in [1.165, 1.54) is 5.56 Å². The normalized spacial score (nSPS) is 10.7. The number of H-pyrrole nitrogens is 1. The van der Waals surface area contributed by atoms with E-state index in [1.54, 1.807) is 0 Å². The number of hydrogen-bond acceptors (Lipinski definition) is 4. The van der Waals surface area contributed by atoms with Crippen molar-refractivity contribution in [3.8, 4) is 5.88 Å². The molecule has 0 spiro atoms. The van der Waals surface area contributed by atoms with Crippen molar-refractivity contribution in [3.05, 3.63) is 85.8 Å². The lowest BCUT2D eigenvalue weighted by molar-refractivity contribution is 0.0980. The van der Waals surface area contributed by atoms with Gasteiger partial charge in [0, 0.05) is 18.4 Å². The fourth-order valence-corrected chi connectivity index (χ4v) is 3.47. The Morgan fingerprint density at radius 3 is 2.36 bits per heavy atom. The molecule has 0 saturated heterocycles. The molecule has 3 rings (SSSR count). The van der Waals surface area contributed by atoms with Crippen LogP contribution in [-0.4, -0.2) is 15.9 Å². The summed E-state index contributed by atoms with van der Waals surface area (Å²) in [5.74, 6) is 0.0627. The van der Waals surface area contributed by atoms with Crippen molar-refractivity contribution >= 4 is 17.1 Å². The molecule has 0 radical (unpaired) electrons. The third-order valence-electron chi connectivity index (χ3n) is 4.05. The molecule has 0 unspecified atom stereocenters. The monoisotopic (exact) mass is 353 g/mol. The summed E-state index contributed by atoms with van der Waals surface area (Å²) in [6.07, 6.45) is 2.72. The molecule has 0 aliphatic carbocycles. The Bertz CT molecular complexity index is 895. The predicted octanol–water partition coefficient (Wildman–Crippen LogP) is 3.94. The number of aromatic amines is 1. The molecule has 5 heteroatoms. The summed E-state index contributed by atoms with van der Waals surface area (Å²) in [6.45, 7) is 0. The van der Waals surface area contributed by atoms with Crippen LogP contribution in [0.25, 0.3) is 0 Å². The van der Waals surface area contributed by atoms with Gasteiger partial charge in [0.15, 0.2) is 5.78 Å². The number of rotatable bonds is 7. The molecule has 3 aromatic rings. The van der Waals surface area contributed by atoms with Crippen molar-refractivity contribution in [1.82, 2.24) is 4.98 Å². The van der Waals surface area contributed by atoms with Gasteiger partial charge >= 0.3 is 4.87 Å². The Labute approximate surface area is 149 Å². The van der Waals surface area contributed by atoms with Crippen LogP contribution in [0.4, 0.5) is 0 Å². The third-order valence-corrected chi connectivity index (χ3v) is 4.92. The summed E-state index contributed by atoms with van der Waals surface area (Å²) in [4.78, 5) is 26.2. The topological polar surface area (TPSA) is 70.2 Å². The average molecular weight is 353 g/mol. The Morgan fingerprint density at radius 1 is 1.00 bits per heavy atom. The molecule has 25 heavy (non-hydrogen) atoms. The summed E-state index contributed by atoms with van der Waals surface area (Å²) in [7, 11) is 0. The zero-order chi connectivity index (χ0) is 17.6. The maximum absolute atomic E-state index is 12.3. The highest BCUT2D eigenvalue weighted by Gasteiger charge is 2.09. The second kappa shape index (κ2) is 7.94. The molecule has 128 valence electrons. The number of carbonyl (C=O) groups excluding carboxylic acids is 1. The molecular weight excluding hydrogens is 334 g/mol. The number of aromatic nitrogens is 1. The van der Waals surface area contributed by atoms with Crippen LogP contribution >= 0.6 is 11.3 Å². The van der Waals surface area contributed by atoms with Crippen LogP contribution in [0.5, 0.6) is 5.88 Å². The number of aromatic hydroxyl groups is 1. The van der Waals surface area contributed by atoms with E-state index in [9.17, 15) is 14.7 Å². The van der Waals surface area contributed by atoms with Crippen molar-refractivity contribution < 1.29 is 9.90 Å². The highest BCUT2D eigenvalue weighted by atomic mass is 32.1. The zero-order valence-corrected chi connectivity index (χ0v) is 14.5. The highest BCUT2D eigenvalue weighted by Crippen LogP contribution is 2.20. The number of carbonyl (C=O) groups is 1. The molecule has 2 N–H and O–H groups in total. The van der Waals surface area contributed by atoms with Crippen molar-refractivity contribution in [2.75, 3.05) is 0 Å². The van der Waals surface area contributed by atoms with Gasteiger partial charge in [-0.15, -0.1) is 0 Å². The van der Waals surface area contributed by atoms with Gasteiger partial charge in [0.05, 0.1) is 4.88 Å². The Hall–Kier alpha value is -2.66. The van der Waals surface area contributed by atoms with E-state index < -0.39 is 0 Å². The van der Waals surface area contributed by atoms with Crippen LogP contribution in [0.15, 0.2) is 59.4 Å². The summed E-state index contributed by atoms with van der Waals surface area (Å²) >= 11 is 1.00. The van der Waals surface area contributed by atoms with Crippen LogP contribution in [0.1, 0.15) is 39.2 Å². The number of thiazole rings is 1. The molecule has 0 aliphatic heterocycles. The van der Waals surface area contributed by atoms with E-state index in [2.05, 4.69) is 17.1 Å². The highest BCUT2D eigenvalue weighted by molar-refractivity contribution is 7.09. The van der Waals surface area contributed by atoms with Gasteiger partial charge < -0.3 is 5.11 Å². The fraction of sp³-hybridized carbons (Fsp3) is 0.200. The lowest BCUT2D eigenvalue weighted by atomic mass is 10.0. The van der Waals surface area contributed by atoms with E-state index in [1.807, 2.05) is 42.5 Å². The molecule has 0 fully saturated rings. The maximum atomic E-state index is 12.3. The Kier molecular flexibility index (Phi) is 5.46. The second-order valence-electron chi connectivity index (χ2n) is 5.92. The molecule has 4 nitrogen and oxygen atoms in total. The Morgan fingerprint density at radius 2 is 1.72 bits per heavy atom. The van der Waals surface area contributed by atoms with Gasteiger partial charge in [-0.05, 0) is 24.0 Å². The molecule has 2 aromatic carbocycles. The lowest BCUT2D eigenvalue weighted by Gasteiger charge is -2.04. The standard InChI is InChI=1S/C20H19NO3S/c22-17(8-4-7-14-5-2-1-3-6-14)16-11-9-15(10-12-16)13-18-19(23)21-20(24)25-18/h1-3,5-6,9-12,23H,4,7-8,13H2,(H,21,24). The molecular formula is C20H19NO3S. The van der Waals surface area contributed by atoms with Gasteiger partial charge in [0.25, 0.3) is 0 Å².